The van der Waals surface area contributed by atoms with Gasteiger partial charge in [-0.2, -0.15) is 5.26 Å². The monoisotopic (exact) mass is 380 g/mol. The van der Waals surface area contributed by atoms with Crippen molar-refractivity contribution >= 4 is 21.7 Å². The third-order valence-corrected chi connectivity index (χ3v) is 4.44. The number of nitriles is 1. The summed E-state index contributed by atoms with van der Waals surface area (Å²) in [6, 6.07) is 19.5. The summed E-state index contributed by atoms with van der Waals surface area (Å²) >= 11 is 3.54. The molecular formula is C19H15BrN3O+. The lowest BCUT2D eigenvalue weighted by Gasteiger charge is -2.09. The molecule has 1 aromatic heterocycles. The van der Waals surface area contributed by atoms with E-state index in [4.69, 9.17) is 10.5 Å². The van der Waals surface area contributed by atoms with Crippen LogP contribution in [0.5, 0.6) is 5.75 Å². The van der Waals surface area contributed by atoms with Crippen molar-refractivity contribution in [1.82, 2.24) is 0 Å². The van der Waals surface area contributed by atoms with E-state index in [0.29, 0.717) is 11.4 Å². The first-order chi connectivity index (χ1) is 11.6. The van der Waals surface area contributed by atoms with Gasteiger partial charge in [0.2, 0.25) is 0 Å². The van der Waals surface area contributed by atoms with Gasteiger partial charge in [-0.1, -0.05) is 46.3 Å². The Labute approximate surface area is 148 Å². The minimum absolute atomic E-state index is 0.337. The molecule has 3 rings (SSSR count). The smallest absolute Gasteiger partial charge is 0.289 e. The van der Waals surface area contributed by atoms with Crippen molar-refractivity contribution in [1.29, 1.82) is 5.26 Å². The predicted molar refractivity (Wildman–Crippen MR) is 97.2 cm³/mol. The van der Waals surface area contributed by atoms with Gasteiger partial charge in [0, 0.05) is 15.6 Å². The van der Waals surface area contributed by atoms with Crippen LogP contribution in [0.25, 0.3) is 22.4 Å². The number of nitrogen functional groups attached to an aromatic ring is 1. The summed E-state index contributed by atoms with van der Waals surface area (Å²) in [5.74, 6) is 1.09. The number of nitrogens with one attached hydrogen (secondary N) is 1. The number of nitrogens with zero attached hydrogens (tertiary/aromatic N) is 1. The van der Waals surface area contributed by atoms with Gasteiger partial charge in [0.1, 0.15) is 23.1 Å². The molecule has 4 nitrogen and oxygen atoms in total. The van der Waals surface area contributed by atoms with Crippen molar-refractivity contribution in [3.8, 4) is 34.2 Å². The predicted octanol–water partition coefficient (Wildman–Crippen LogP) is 4.06. The molecule has 0 atom stereocenters. The molecule has 0 spiro atoms. The van der Waals surface area contributed by atoms with Crippen LogP contribution in [0.15, 0.2) is 59.1 Å². The first-order valence-corrected chi connectivity index (χ1v) is 8.08. The van der Waals surface area contributed by atoms with Crippen molar-refractivity contribution in [3.05, 3.63) is 64.6 Å². The molecule has 1 heterocycles. The third kappa shape index (κ3) is 2.97. The zero-order valence-corrected chi connectivity index (χ0v) is 14.6. The van der Waals surface area contributed by atoms with E-state index in [1.807, 2.05) is 54.6 Å². The summed E-state index contributed by atoms with van der Waals surface area (Å²) in [5, 5.41) is 9.51. The zero-order valence-electron chi connectivity index (χ0n) is 13.0. The minimum atomic E-state index is 0.337. The van der Waals surface area contributed by atoms with Crippen molar-refractivity contribution in [2.75, 3.05) is 12.8 Å². The van der Waals surface area contributed by atoms with Gasteiger partial charge in [0.25, 0.3) is 5.82 Å². The number of aromatic amines is 1. The maximum atomic E-state index is 9.51. The fourth-order valence-electron chi connectivity index (χ4n) is 2.56. The Bertz CT molecular complexity index is 948. The maximum Gasteiger partial charge on any atom is 0.289 e. The first-order valence-electron chi connectivity index (χ1n) is 7.29. The standard InChI is InChI=1S/C19H14BrN3O/c1-24-13-6-4-5-12(9-13)18-10-15(16(11-21)19(22)23-18)14-7-2-3-8-17(14)20/h2-10H,1H3,(H2,22,23)/p+1. The molecule has 0 amide bonds. The van der Waals surface area contributed by atoms with E-state index >= 15 is 0 Å². The molecule has 0 aliphatic carbocycles. The average molecular weight is 381 g/mol. The third-order valence-electron chi connectivity index (χ3n) is 3.75. The molecule has 5 heteroatoms. The maximum absolute atomic E-state index is 9.51. The van der Waals surface area contributed by atoms with Gasteiger partial charge in [-0.25, -0.2) is 4.98 Å². The second-order valence-electron chi connectivity index (χ2n) is 5.21. The lowest BCUT2D eigenvalue weighted by atomic mass is 9.98. The summed E-state index contributed by atoms with van der Waals surface area (Å²) in [6.45, 7) is 0. The number of ether oxygens (including phenoxy) is 1. The number of hydrogen-bond donors (Lipinski definition) is 1. The largest absolute Gasteiger partial charge is 0.497 e. The molecule has 0 saturated carbocycles. The highest BCUT2D eigenvalue weighted by atomic mass is 79.9. The summed E-state index contributed by atoms with van der Waals surface area (Å²) in [4.78, 5) is 3.11. The summed E-state index contributed by atoms with van der Waals surface area (Å²) in [6.07, 6.45) is 0. The highest BCUT2D eigenvalue weighted by Gasteiger charge is 2.18. The van der Waals surface area contributed by atoms with E-state index in [9.17, 15) is 5.26 Å². The van der Waals surface area contributed by atoms with Crippen LogP contribution in [0.1, 0.15) is 5.56 Å². The van der Waals surface area contributed by atoms with Crippen molar-refractivity contribution in [2.45, 2.75) is 0 Å². The van der Waals surface area contributed by atoms with E-state index in [-0.39, 0.29) is 0 Å². The van der Waals surface area contributed by atoms with Crippen molar-refractivity contribution in [3.63, 3.8) is 0 Å². The van der Waals surface area contributed by atoms with Crippen LogP contribution < -0.4 is 15.5 Å². The lowest BCUT2D eigenvalue weighted by molar-refractivity contribution is -0.346. The summed E-state index contributed by atoms with van der Waals surface area (Å²) in [7, 11) is 1.63. The normalized spacial score (nSPS) is 10.2. The fourth-order valence-corrected chi connectivity index (χ4v) is 3.06. The summed E-state index contributed by atoms with van der Waals surface area (Å²) in [5.41, 5.74) is 9.97. The number of hydrogen-bond acceptors (Lipinski definition) is 3. The Morgan fingerprint density at radius 1 is 1.08 bits per heavy atom. The van der Waals surface area contributed by atoms with Gasteiger partial charge in [-0.15, -0.1) is 0 Å². The van der Waals surface area contributed by atoms with Crippen LogP contribution in [-0.4, -0.2) is 7.11 Å². The Morgan fingerprint density at radius 2 is 1.88 bits per heavy atom. The molecule has 0 aliphatic heterocycles. The molecule has 118 valence electrons. The van der Waals surface area contributed by atoms with Gasteiger partial charge < -0.3 is 4.74 Å². The van der Waals surface area contributed by atoms with Gasteiger partial charge >= 0.3 is 0 Å². The van der Waals surface area contributed by atoms with Crippen molar-refractivity contribution < 1.29 is 9.72 Å². The fraction of sp³-hybridized carbons (Fsp3) is 0.0526. The summed E-state index contributed by atoms with van der Waals surface area (Å²) < 4.78 is 6.19. The average Bonchev–Trinajstić information content (AvgIpc) is 2.61. The molecule has 0 saturated heterocycles. The Hall–Kier alpha value is -2.84. The molecule has 2 aromatic carbocycles. The molecular weight excluding hydrogens is 366 g/mol. The number of nitrogens with two attached hydrogens (primary N) is 1. The second-order valence-corrected chi connectivity index (χ2v) is 6.06. The number of benzene rings is 2. The Kier molecular flexibility index (Phi) is 4.50. The van der Waals surface area contributed by atoms with E-state index < -0.39 is 0 Å². The second kappa shape index (κ2) is 6.73. The highest BCUT2D eigenvalue weighted by molar-refractivity contribution is 9.10. The van der Waals surface area contributed by atoms with Gasteiger partial charge in [0.05, 0.1) is 7.11 Å². The Morgan fingerprint density at radius 3 is 2.58 bits per heavy atom. The van der Waals surface area contributed by atoms with Crippen LogP contribution in [0.3, 0.4) is 0 Å². The quantitative estimate of drug-likeness (QED) is 0.744. The number of rotatable bonds is 3. The van der Waals surface area contributed by atoms with E-state index in [2.05, 4.69) is 27.0 Å². The molecule has 0 fully saturated rings. The lowest BCUT2D eigenvalue weighted by Crippen LogP contribution is -2.16. The number of halogens is 1. The number of methoxy groups -OCH3 is 1. The molecule has 24 heavy (non-hydrogen) atoms. The SMILES string of the molecule is COc1cccc(-c2cc(-c3ccccc3Br)c(C#N)c(N)[nH+]2)c1. The number of aromatic nitrogens is 1. The van der Waals surface area contributed by atoms with Gasteiger partial charge in [0.15, 0.2) is 0 Å². The molecule has 3 aromatic rings. The zero-order chi connectivity index (χ0) is 17.1. The molecule has 0 bridgehead atoms. The van der Waals surface area contributed by atoms with Crippen molar-refractivity contribution in [2.24, 2.45) is 0 Å². The van der Waals surface area contributed by atoms with E-state index in [1.165, 1.54) is 0 Å². The first kappa shape index (κ1) is 16.0. The number of H-pyrrole nitrogens is 1. The van der Waals surface area contributed by atoms with Gasteiger partial charge in [-0.05, 0) is 29.8 Å². The Balaban J connectivity index is 2.24. The van der Waals surface area contributed by atoms with E-state index in [0.717, 1.165) is 32.6 Å². The van der Waals surface area contributed by atoms with Crippen LogP contribution in [0.2, 0.25) is 0 Å². The molecule has 0 aliphatic rings. The molecule has 0 radical (unpaired) electrons. The minimum Gasteiger partial charge on any atom is -0.497 e. The molecule has 3 N–H and O–H groups in total. The number of anilines is 1. The van der Waals surface area contributed by atoms with Crippen LogP contribution in [-0.2, 0) is 0 Å². The number of pyridine rings is 1. The van der Waals surface area contributed by atoms with E-state index in [1.54, 1.807) is 7.11 Å². The van der Waals surface area contributed by atoms with Crippen LogP contribution in [0, 0.1) is 11.3 Å². The van der Waals surface area contributed by atoms with Crippen LogP contribution in [0.4, 0.5) is 5.82 Å². The molecule has 0 unspecified atom stereocenters. The topological polar surface area (TPSA) is 73.2 Å². The van der Waals surface area contributed by atoms with Crippen LogP contribution >= 0.6 is 15.9 Å². The highest BCUT2D eigenvalue weighted by Crippen LogP contribution is 2.34. The van der Waals surface area contributed by atoms with Gasteiger partial charge in [-0.3, -0.25) is 5.73 Å².